The second-order valence-electron chi connectivity index (χ2n) is 11.2. The Morgan fingerprint density at radius 3 is 0.955 bits per heavy atom. The fourth-order valence-electron chi connectivity index (χ4n) is 4.45. The first kappa shape index (κ1) is 43.2. The Balaban J connectivity index is 3.13. The van der Waals surface area contributed by atoms with Gasteiger partial charge in [0.15, 0.2) is 0 Å². The van der Waals surface area contributed by atoms with Crippen LogP contribution in [0, 0.1) is 0 Å². The lowest BCUT2D eigenvalue weighted by atomic mass is 10.0. The summed E-state index contributed by atoms with van der Waals surface area (Å²) in [4.78, 5) is 11.8. The van der Waals surface area contributed by atoms with Gasteiger partial charge in [0.25, 0.3) is 0 Å². The molecule has 0 fully saturated rings. The van der Waals surface area contributed by atoms with Crippen LogP contribution >= 0.6 is 0 Å². The summed E-state index contributed by atoms with van der Waals surface area (Å²) < 4.78 is 43.6. The van der Waals surface area contributed by atoms with Gasteiger partial charge in [0.05, 0.1) is 85.9 Å². The molecule has 0 spiro atoms. The van der Waals surface area contributed by atoms with Crippen molar-refractivity contribution in [3.8, 4) is 0 Å². The second kappa shape index (κ2) is 40.2. The minimum Gasteiger partial charge on any atom is -0.463 e. The predicted octanol–water partition coefficient (Wildman–Crippen LogP) is 7.32. The SMILES string of the molecule is CCCCCCCCCCCCCCCC(=O)OCCOCCOCCOCCOCCOCCOCCOCCCCC. The maximum atomic E-state index is 11.8. The molecule has 0 saturated carbocycles. The highest BCUT2D eigenvalue weighted by Crippen LogP contribution is 2.13. The topological polar surface area (TPSA) is 90.9 Å². The van der Waals surface area contributed by atoms with Crippen molar-refractivity contribution in [2.24, 2.45) is 0 Å². The average Bonchev–Trinajstić information content (AvgIpc) is 3.03. The van der Waals surface area contributed by atoms with E-state index in [1.54, 1.807) is 0 Å². The van der Waals surface area contributed by atoms with Gasteiger partial charge in [-0.2, -0.15) is 0 Å². The number of hydrogen-bond donors (Lipinski definition) is 0. The summed E-state index contributed by atoms with van der Waals surface area (Å²) in [5.74, 6) is -0.124. The fraction of sp³-hybridized carbons (Fsp3) is 0.971. The third-order valence-corrected chi connectivity index (χ3v) is 7.10. The molecule has 0 unspecified atom stereocenters. The van der Waals surface area contributed by atoms with Crippen molar-refractivity contribution in [1.82, 2.24) is 0 Å². The van der Waals surface area contributed by atoms with E-state index in [4.69, 9.17) is 37.9 Å². The van der Waals surface area contributed by atoms with E-state index < -0.39 is 0 Å². The van der Waals surface area contributed by atoms with Crippen LogP contribution in [-0.4, -0.2) is 105 Å². The molecule has 0 atom stereocenters. The van der Waals surface area contributed by atoms with Crippen LogP contribution in [0.25, 0.3) is 0 Å². The molecule has 0 heterocycles. The molecule has 0 rings (SSSR count). The number of carbonyl (C=O) groups excluding carboxylic acids is 1. The van der Waals surface area contributed by atoms with Crippen molar-refractivity contribution in [2.45, 2.75) is 123 Å². The van der Waals surface area contributed by atoms with Crippen molar-refractivity contribution in [3.63, 3.8) is 0 Å². The van der Waals surface area contributed by atoms with Crippen LogP contribution in [0.5, 0.6) is 0 Å². The van der Waals surface area contributed by atoms with E-state index in [1.807, 2.05) is 0 Å². The van der Waals surface area contributed by atoms with Crippen LogP contribution in [0.3, 0.4) is 0 Å². The van der Waals surface area contributed by atoms with Crippen LogP contribution in [0.1, 0.15) is 123 Å². The lowest BCUT2D eigenvalue weighted by molar-refractivity contribution is -0.145. The standard InChI is InChI=1S/C35H70O9/c1-3-5-7-8-9-10-11-12-13-14-15-16-17-19-35(36)44-34-33-43-32-31-42-30-29-41-28-27-40-26-25-39-24-23-38-22-21-37-20-18-6-4-2/h3-34H2,1-2H3. The van der Waals surface area contributed by atoms with Crippen LogP contribution in [0.2, 0.25) is 0 Å². The molecular weight excluding hydrogens is 564 g/mol. The molecule has 0 aliphatic rings. The van der Waals surface area contributed by atoms with Gasteiger partial charge in [-0.3, -0.25) is 4.79 Å². The first-order valence-corrected chi connectivity index (χ1v) is 18.0. The smallest absolute Gasteiger partial charge is 0.305 e. The minimum absolute atomic E-state index is 0.124. The second-order valence-corrected chi connectivity index (χ2v) is 11.2. The Bertz CT molecular complexity index is 536. The summed E-state index contributed by atoms with van der Waals surface area (Å²) in [5.41, 5.74) is 0. The Labute approximate surface area is 270 Å². The molecule has 0 N–H and O–H groups in total. The Morgan fingerprint density at radius 2 is 0.591 bits per heavy atom. The average molecular weight is 635 g/mol. The molecule has 0 bridgehead atoms. The number of carbonyl (C=O) groups is 1. The van der Waals surface area contributed by atoms with Crippen LogP contribution in [0.15, 0.2) is 0 Å². The molecule has 0 aliphatic heterocycles. The Kier molecular flexibility index (Phi) is 39.5. The highest BCUT2D eigenvalue weighted by atomic mass is 16.6. The summed E-state index contributed by atoms with van der Waals surface area (Å²) >= 11 is 0. The summed E-state index contributed by atoms with van der Waals surface area (Å²) in [6, 6.07) is 0. The third kappa shape index (κ3) is 39.2. The van der Waals surface area contributed by atoms with Gasteiger partial charge < -0.3 is 37.9 Å². The number of hydrogen-bond acceptors (Lipinski definition) is 9. The van der Waals surface area contributed by atoms with E-state index in [0.29, 0.717) is 98.9 Å². The largest absolute Gasteiger partial charge is 0.463 e. The fourth-order valence-corrected chi connectivity index (χ4v) is 4.45. The van der Waals surface area contributed by atoms with Crippen LogP contribution < -0.4 is 0 Å². The number of ether oxygens (including phenoxy) is 8. The first-order chi connectivity index (χ1) is 21.8. The summed E-state index contributed by atoms with van der Waals surface area (Å²) in [7, 11) is 0. The zero-order valence-corrected chi connectivity index (χ0v) is 28.8. The summed E-state index contributed by atoms with van der Waals surface area (Å²) in [5, 5.41) is 0. The molecule has 0 saturated heterocycles. The van der Waals surface area contributed by atoms with Gasteiger partial charge in [-0.15, -0.1) is 0 Å². The van der Waals surface area contributed by atoms with Gasteiger partial charge in [-0.1, -0.05) is 104 Å². The predicted molar refractivity (Wildman–Crippen MR) is 177 cm³/mol. The molecular formula is C35H70O9. The van der Waals surface area contributed by atoms with Crippen LogP contribution in [-0.2, 0) is 42.7 Å². The van der Waals surface area contributed by atoms with Crippen molar-refractivity contribution in [1.29, 1.82) is 0 Å². The molecule has 0 aromatic heterocycles. The molecule has 0 aromatic carbocycles. The van der Waals surface area contributed by atoms with E-state index in [1.165, 1.54) is 83.5 Å². The van der Waals surface area contributed by atoms with Crippen LogP contribution in [0.4, 0.5) is 0 Å². The van der Waals surface area contributed by atoms with Gasteiger partial charge >= 0.3 is 5.97 Å². The van der Waals surface area contributed by atoms with Crippen molar-refractivity contribution < 1.29 is 42.7 Å². The van der Waals surface area contributed by atoms with E-state index >= 15 is 0 Å². The van der Waals surface area contributed by atoms with Crippen molar-refractivity contribution >= 4 is 5.97 Å². The molecule has 44 heavy (non-hydrogen) atoms. The van der Waals surface area contributed by atoms with Gasteiger partial charge in [-0.05, 0) is 12.8 Å². The van der Waals surface area contributed by atoms with E-state index in [2.05, 4.69) is 13.8 Å². The maximum Gasteiger partial charge on any atom is 0.305 e. The molecule has 0 amide bonds. The number of unbranched alkanes of at least 4 members (excludes halogenated alkanes) is 14. The normalized spacial score (nSPS) is 11.4. The number of esters is 1. The van der Waals surface area contributed by atoms with Crippen molar-refractivity contribution in [3.05, 3.63) is 0 Å². The zero-order chi connectivity index (χ0) is 31.9. The molecule has 9 nitrogen and oxygen atoms in total. The highest BCUT2D eigenvalue weighted by molar-refractivity contribution is 5.69. The van der Waals surface area contributed by atoms with Gasteiger partial charge in [0, 0.05) is 13.0 Å². The summed E-state index contributed by atoms with van der Waals surface area (Å²) in [6.07, 6.45) is 21.0. The van der Waals surface area contributed by atoms with Gasteiger partial charge in [0.2, 0.25) is 0 Å². The third-order valence-electron chi connectivity index (χ3n) is 7.10. The quantitative estimate of drug-likeness (QED) is 0.0510. The van der Waals surface area contributed by atoms with Gasteiger partial charge in [-0.25, -0.2) is 0 Å². The lowest BCUT2D eigenvalue weighted by Crippen LogP contribution is -2.15. The Hall–Kier alpha value is -0.810. The molecule has 0 radical (unpaired) electrons. The Morgan fingerprint density at radius 1 is 0.318 bits per heavy atom. The molecule has 9 heteroatoms. The summed E-state index contributed by atoms with van der Waals surface area (Å²) in [6.45, 7) is 12.4. The molecule has 264 valence electrons. The monoisotopic (exact) mass is 635 g/mol. The first-order valence-electron chi connectivity index (χ1n) is 18.0. The number of rotatable bonds is 39. The zero-order valence-electron chi connectivity index (χ0n) is 28.8. The van der Waals surface area contributed by atoms with E-state index in [9.17, 15) is 4.79 Å². The minimum atomic E-state index is -0.124. The van der Waals surface area contributed by atoms with Crippen molar-refractivity contribution in [2.75, 3.05) is 99.1 Å². The maximum absolute atomic E-state index is 11.8. The lowest BCUT2D eigenvalue weighted by Gasteiger charge is -2.09. The van der Waals surface area contributed by atoms with Gasteiger partial charge in [0.1, 0.15) is 6.61 Å². The molecule has 0 aliphatic carbocycles. The highest BCUT2D eigenvalue weighted by Gasteiger charge is 2.03. The van der Waals surface area contributed by atoms with E-state index in [-0.39, 0.29) is 5.97 Å². The van der Waals surface area contributed by atoms with E-state index in [0.717, 1.165) is 25.9 Å². The molecule has 0 aromatic rings.